The van der Waals surface area contributed by atoms with Crippen LogP contribution in [0.3, 0.4) is 0 Å². The summed E-state index contributed by atoms with van der Waals surface area (Å²) in [5.41, 5.74) is 0.975. The molecule has 2 amide bonds. The number of aliphatic hydroxyl groups excluding tert-OH is 1. The van der Waals surface area contributed by atoms with Gasteiger partial charge in [-0.05, 0) is 31.7 Å². The minimum absolute atomic E-state index is 0.00576. The molecule has 1 spiro atoms. The molecule has 2 bridgehead atoms. The number of rotatable bonds is 8. The highest BCUT2D eigenvalue weighted by molar-refractivity contribution is 8.02. The number of aliphatic hydroxyl groups is 1. The average molecular weight is 447 g/mol. The van der Waals surface area contributed by atoms with E-state index < -0.39 is 28.7 Å². The summed E-state index contributed by atoms with van der Waals surface area (Å²) in [7, 11) is 0. The molecule has 3 aliphatic heterocycles. The Morgan fingerprint density at radius 1 is 1.32 bits per heavy atom. The molecule has 4 rings (SSSR count). The fraction of sp³-hybridized carbons (Fsp3) is 0.609. The van der Waals surface area contributed by atoms with Crippen molar-refractivity contribution in [3.8, 4) is 0 Å². The Morgan fingerprint density at radius 2 is 2.06 bits per heavy atom. The van der Waals surface area contributed by atoms with Crippen LogP contribution in [0, 0.1) is 11.8 Å². The first-order valence-corrected chi connectivity index (χ1v) is 12.0. The molecular weight excluding hydrogens is 416 g/mol. The van der Waals surface area contributed by atoms with Crippen molar-refractivity contribution in [1.29, 1.82) is 0 Å². The highest BCUT2D eigenvalue weighted by atomic mass is 32.2. The third kappa shape index (κ3) is 3.53. The second-order valence-corrected chi connectivity index (χ2v) is 10.1. The number of fused-ring (bicyclic) bond motifs is 1. The molecule has 3 saturated heterocycles. The molecule has 0 aromatic heterocycles. The van der Waals surface area contributed by atoms with Gasteiger partial charge in [-0.2, -0.15) is 0 Å². The smallest absolute Gasteiger partial charge is 0.310 e. The number of hydrogen-bond donors (Lipinski definition) is 2. The van der Waals surface area contributed by atoms with Gasteiger partial charge in [0.05, 0.1) is 35.8 Å². The summed E-state index contributed by atoms with van der Waals surface area (Å²) in [6, 6.07) is 8.46. The van der Waals surface area contributed by atoms with Crippen molar-refractivity contribution in [3.63, 3.8) is 0 Å². The van der Waals surface area contributed by atoms with E-state index in [4.69, 9.17) is 4.74 Å². The standard InChI is InChI=1S/C23H30N2O5S/c1-3-15(13-26)25-19(20(27)24-12-14-8-6-5-7-9-14)23-11-10-16(31-23)17(18(23)21(25)28)22(29)30-4-2/h5-9,15-19,26H,3-4,10-13H2,1-2H3,(H,24,27)/t15-,16-,17+,18-,19?,23?/m0/s1. The second-order valence-electron chi connectivity index (χ2n) is 8.50. The molecule has 2 unspecified atom stereocenters. The Balaban J connectivity index is 1.66. The fourth-order valence-electron chi connectivity index (χ4n) is 5.59. The van der Waals surface area contributed by atoms with Crippen LogP contribution in [-0.2, 0) is 25.7 Å². The van der Waals surface area contributed by atoms with E-state index in [0.29, 0.717) is 19.4 Å². The van der Waals surface area contributed by atoms with Gasteiger partial charge in [-0.3, -0.25) is 14.4 Å². The second kappa shape index (κ2) is 8.82. The van der Waals surface area contributed by atoms with Crippen molar-refractivity contribution in [2.45, 2.75) is 61.7 Å². The summed E-state index contributed by atoms with van der Waals surface area (Å²) in [6.07, 6.45) is 2.02. The Kier molecular flexibility index (Phi) is 6.30. The largest absolute Gasteiger partial charge is 0.466 e. The zero-order valence-corrected chi connectivity index (χ0v) is 18.8. The minimum Gasteiger partial charge on any atom is -0.466 e. The van der Waals surface area contributed by atoms with Gasteiger partial charge in [0.1, 0.15) is 6.04 Å². The van der Waals surface area contributed by atoms with Crippen molar-refractivity contribution < 1.29 is 24.2 Å². The number of nitrogens with one attached hydrogen (secondary N) is 1. The van der Waals surface area contributed by atoms with E-state index in [1.807, 2.05) is 37.3 Å². The predicted octanol–water partition coefficient (Wildman–Crippen LogP) is 1.73. The first-order chi connectivity index (χ1) is 15.0. The fourth-order valence-corrected chi connectivity index (χ4v) is 7.78. The molecule has 3 heterocycles. The third-order valence-corrected chi connectivity index (χ3v) is 8.88. The number of carbonyl (C=O) groups excluding carboxylic acids is 3. The average Bonchev–Trinajstić information content (AvgIpc) is 3.42. The molecule has 7 nitrogen and oxygen atoms in total. The van der Waals surface area contributed by atoms with Gasteiger partial charge in [-0.1, -0.05) is 37.3 Å². The number of hydrogen-bond acceptors (Lipinski definition) is 6. The van der Waals surface area contributed by atoms with Crippen LogP contribution in [0.25, 0.3) is 0 Å². The quantitative estimate of drug-likeness (QED) is 0.591. The molecule has 8 heteroatoms. The van der Waals surface area contributed by atoms with Crippen molar-refractivity contribution in [1.82, 2.24) is 10.2 Å². The molecule has 2 N–H and O–H groups in total. The van der Waals surface area contributed by atoms with Crippen LogP contribution in [0.2, 0.25) is 0 Å². The lowest BCUT2D eigenvalue weighted by Gasteiger charge is -2.36. The van der Waals surface area contributed by atoms with Gasteiger partial charge in [0.25, 0.3) is 0 Å². The summed E-state index contributed by atoms with van der Waals surface area (Å²) in [5, 5.41) is 13.0. The van der Waals surface area contributed by atoms with Crippen molar-refractivity contribution in [2.75, 3.05) is 13.2 Å². The normalized spacial score (nSPS) is 32.1. The van der Waals surface area contributed by atoms with Gasteiger partial charge >= 0.3 is 5.97 Å². The zero-order valence-electron chi connectivity index (χ0n) is 18.0. The minimum atomic E-state index is -0.708. The number of ether oxygens (including phenoxy) is 1. The Bertz CT molecular complexity index is 846. The van der Waals surface area contributed by atoms with Crippen LogP contribution < -0.4 is 5.32 Å². The van der Waals surface area contributed by atoms with E-state index in [9.17, 15) is 19.5 Å². The maximum atomic E-state index is 13.7. The number of likely N-dealkylation sites (tertiary alicyclic amines) is 1. The zero-order chi connectivity index (χ0) is 22.2. The molecule has 3 aliphatic rings. The molecular formula is C23H30N2O5S. The number of benzene rings is 1. The van der Waals surface area contributed by atoms with Crippen LogP contribution in [0.5, 0.6) is 0 Å². The number of nitrogens with zero attached hydrogens (tertiary/aromatic N) is 1. The SMILES string of the molecule is CCOC(=O)[C@@H]1[C@@H]2CCC3(S2)C(C(=O)NCc2ccccc2)N([C@@H](CC)CO)C(=O)[C@H]13. The summed E-state index contributed by atoms with van der Waals surface area (Å²) < 4.78 is 4.66. The van der Waals surface area contributed by atoms with Crippen LogP contribution in [0.4, 0.5) is 0 Å². The van der Waals surface area contributed by atoms with Gasteiger partial charge in [0.2, 0.25) is 11.8 Å². The molecule has 0 radical (unpaired) electrons. The molecule has 3 fully saturated rings. The summed E-state index contributed by atoms with van der Waals surface area (Å²) in [5.74, 6) is -1.87. The Morgan fingerprint density at radius 3 is 2.71 bits per heavy atom. The highest BCUT2D eigenvalue weighted by Crippen LogP contribution is 2.66. The van der Waals surface area contributed by atoms with E-state index >= 15 is 0 Å². The molecule has 0 aliphatic carbocycles. The maximum Gasteiger partial charge on any atom is 0.310 e. The Labute approximate surface area is 186 Å². The topological polar surface area (TPSA) is 95.9 Å². The molecule has 6 atom stereocenters. The van der Waals surface area contributed by atoms with Crippen molar-refractivity contribution in [2.24, 2.45) is 11.8 Å². The lowest BCUT2D eigenvalue weighted by atomic mass is 9.71. The first kappa shape index (κ1) is 22.1. The highest BCUT2D eigenvalue weighted by Gasteiger charge is 2.74. The third-order valence-electron chi connectivity index (χ3n) is 6.93. The van der Waals surface area contributed by atoms with Gasteiger partial charge in [0.15, 0.2) is 0 Å². The molecule has 1 aromatic carbocycles. The van der Waals surface area contributed by atoms with Crippen LogP contribution in [0.1, 0.15) is 38.7 Å². The lowest BCUT2D eigenvalue weighted by molar-refractivity contribution is -0.154. The first-order valence-electron chi connectivity index (χ1n) is 11.1. The van der Waals surface area contributed by atoms with E-state index in [2.05, 4.69) is 5.32 Å². The van der Waals surface area contributed by atoms with Gasteiger partial charge in [-0.25, -0.2) is 0 Å². The van der Waals surface area contributed by atoms with Crippen molar-refractivity contribution in [3.05, 3.63) is 35.9 Å². The predicted molar refractivity (Wildman–Crippen MR) is 117 cm³/mol. The molecule has 1 aromatic rings. The van der Waals surface area contributed by atoms with E-state index in [1.54, 1.807) is 23.6 Å². The monoisotopic (exact) mass is 446 g/mol. The molecule has 168 valence electrons. The van der Waals surface area contributed by atoms with E-state index in [0.717, 1.165) is 12.0 Å². The van der Waals surface area contributed by atoms with Gasteiger partial charge < -0.3 is 20.1 Å². The summed E-state index contributed by atoms with van der Waals surface area (Å²) in [6.45, 7) is 4.07. The van der Waals surface area contributed by atoms with Crippen LogP contribution in [-0.4, -0.2) is 63.1 Å². The molecule has 31 heavy (non-hydrogen) atoms. The lowest BCUT2D eigenvalue weighted by Crippen LogP contribution is -2.56. The van der Waals surface area contributed by atoms with Crippen LogP contribution in [0.15, 0.2) is 30.3 Å². The van der Waals surface area contributed by atoms with Gasteiger partial charge in [-0.15, -0.1) is 11.8 Å². The molecule has 0 saturated carbocycles. The number of carbonyl (C=O) groups is 3. The van der Waals surface area contributed by atoms with E-state index in [1.165, 1.54) is 0 Å². The summed E-state index contributed by atoms with van der Waals surface area (Å²) in [4.78, 5) is 41.5. The summed E-state index contributed by atoms with van der Waals surface area (Å²) >= 11 is 1.61. The van der Waals surface area contributed by atoms with Crippen molar-refractivity contribution >= 4 is 29.5 Å². The number of esters is 1. The number of thioether (sulfide) groups is 1. The Hall–Kier alpha value is -2.06. The van der Waals surface area contributed by atoms with E-state index in [-0.39, 0.29) is 36.2 Å². The van der Waals surface area contributed by atoms with Gasteiger partial charge in [0, 0.05) is 11.8 Å². The number of amides is 2. The maximum absolute atomic E-state index is 13.7. The van der Waals surface area contributed by atoms with Crippen LogP contribution >= 0.6 is 11.8 Å².